The van der Waals surface area contributed by atoms with Crippen molar-refractivity contribution in [3.8, 4) is 0 Å². The first-order chi connectivity index (χ1) is 9.74. The highest BCUT2D eigenvalue weighted by Crippen LogP contribution is 2.09. The van der Waals surface area contributed by atoms with Gasteiger partial charge in [0, 0.05) is 19.6 Å². The number of aliphatic hydroxyl groups excluding tert-OH is 1. The number of carbonyl (C=O) groups is 1. The van der Waals surface area contributed by atoms with Gasteiger partial charge in [-0.3, -0.25) is 9.69 Å². The van der Waals surface area contributed by atoms with Crippen molar-refractivity contribution in [3.63, 3.8) is 0 Å². The molecule has 1 aliphatic rings. The normalized spacial score (nSPS) is 19.8. The molecule has 1 aromatic rings. The van der Waals surface area contributed by atoms with E-state index in [0.29, 0.717) is 19.7 Å². The molecule has 1 fully saturated rings. The van der Waals surface area contributed by atoms with Crippen LogP contribution < -0.4 is 5.32 Å². The average molecular weight is 278 g/mol. The molecule has 20 heavy (non-hydrogen) atoms. The van der Waals surface area contributed by atoms with Crippen molar-refractivity contribution in [2.24, 2.45) is 0 Å². The van der Waals surface area contributed by atoms with E-state index in [1.54, 1.807) is 0 Å². The number of benzene rings is 1. The first-order valence-corrected chi connectivity index (χ1v) is 7.04. The molecule has 1 heterocycles. The summed E-state index contributed by atoms with van der Waals surface area (Å²) in [7, 11) is 0. The molecule has 5 heteroatoms. The van der Waals surface area contributed by atoms with Crippen LogP contribution in [0.3, 0.4) is 0 Å². The fourth-order valence-electron chi connectivity index (χ4n) is 2.33. The van der Waals surface area contributed by atoms with Crippen LogP contribution in [0.1, 0.15) is 18.1 Å². The second-order valence-corrected chi connectivity index (χ2v) is 4.90. The first-order valence-electron chi connectivity index (χ1n) is 7.04. The summed E-state index contributed by atoms with van der Waals surface area (Å²) in [6.45, 7) is 5.53. The summed E-state index contributed by atoms with van der Waals surface area (Å²) in [5.74, 6) is -0.0871. The van der Waals surface area contributed by atoms with Gasteiger partial charge in [0.2, 0.25) is 0 Å². The van der Waals surface area contributed by atoms with Crippen LogP contribution in [-0.4, -0.2) is 48.3 Å². The molecule has 1 saturated heterocycles. The Labute approximate surface area is 119 Å². The van der Waals surface area contributed by atoms with Crippen molar-refractivity contribution in [1.29, 1.82) is 0 Å². The number of hydrogen-bond acceptors (Lipinski definition) is 4. The minimum atomic E-state index is -0.398. The Morgan fingerprint density at radius 2 is 2.20 bits per heavy atom. The Hall–Kier alpha value is -1.43. The standard InChI is InChI=1S/C15H22N2O3/c1-2-17-7-8-20-14(10-17)15(19)16-9-12-5-3-4-6-13(12)11-18/h3-6,14,18H,2,7-11H2,1H3,(H,16,19). The lowest BCUT2D eigenvalue weighted by Crippen LogP contribution is -2.49. The fourth-order valence-corrected chi connectivity index (χ4v) is 2.33. The number of hydrogen-bond donors (Lipinski definition) is 2. The number of amides is 1. The van der Waals surface area contributed by atoms with E-state index < -0.39 is 6.10 Å². The van der Waals surface area contributed by atoms with Gasteiger partial charge < -0.3 is 15.2 Å². The number of nitrogens with zero attached hydrogens (tertiary/aromatic N) is 1. The van der Waals surface area contributed by atoms with Gasteiger partial charge >= 0.3 is 0 Å². The highest BCUT2D eigenvalue weighted by molar-refractivity contribution is 5.81. The van der Waals surface area contributed by atoms with E-state index in [2.05, 4.69) is 17.1 Å². The van der Waals surface area contributed by atoms with Crippen molar-refractivity contribution >= 4 is 5.91 Å². The van der Waals surface area contributed by atoms with E-state index in [4.69, 9.17) is 4.74 Å². The number of carbonyl (C=O) groups excluding carboxylic acids is 1. The number of morpholine rings is 1. The number of likely N-dealkylation sites (N-methyl/N-ethyl adjacent to an activating group) is 1. The molecule has 1 unspecified atom stereocenters. The van der Waals surface area contributed by atoms with Crippen molar-refractivity contribution in [2.75, 3.05) is 26.2 Å². The average Bonchev–Trinajstić information content (AvgIpc) is 2.52. The summed E-state index contributed by atoms with van der Waals surface area (Å²) in [6, 6.07) is 7.54. The SMILES string of the molecule is CCN1CCOC(C(=O)NCc2ccccc2CO)C1. The van der Waals surface area contributed by atoms with Crippen LogP contribution in [-0.2, 0) is 22.7 Å². The lowest BCUT2D eigenvalue weighted by molar-refractivity contribution is -0.138. The van der Waals surface area contributed by atoms with Gasteiger partial charge in [0.1, 0.15) is 6.10 Å². The highest BCUT2D eigenvalue weighted by Gasteiger charge is 2.25. The third-order valence-corrected chi connectivity index (χ3v) is 3.63. The maximum absolute atomic E-state index is 12.1. The largest absolute Gasteiger partial charge is 0.392 e. The molecule has 0 aliphatic carbocycles. The lowest BCUT2D eigenvalue weighted by Gasteiger charge is -2.31. The third-order valence-electron chi connectivity index (χ3n) is 3.63. The van der Waals surface area contributed by atoms with Crippen LogP contribution in [0.2, 0.25) is 0 Å². The predicted octanol–water partition coefficient (Wildman–Crippen LogP) is 0.516. The van der Waals surface area contributed by atoms with E-state index in [-0.39, 0.29) is 12.5 Å². The monoisotopic (exact) mass is 278 g/mol. The van der Waals surface area contributed by atoms with Gasteiger partial charge in [-0.2, -0.15) is 0 Å². The zero-order chi connectivity index (χ0) is 14.4. The Morgan fingerprint density at radius 3 is 2.90 bits per heavy atom. The minimum Gasteiger partial charge on any atom is -0.392 e. The number of aliphatic hydroxyl groups is 1. The molecule has 0 saturated carbocycles. The molecule has 0 aromatic heterocycles. The van der Waals surface area contributed by atoms with Crippen LogP contribution in [0.4, 0.5) is 0 Å². The van der Waals surface area contributed by atoms with Gasteiger partial charge in [-0.05, 0) is 17.7 Å². The zero-order valence-electron chi connectivity index (χ0n) is 11.8. The molecule has 1 aliphatic heterocycles. The summed E-state index contributed by atoms with van der Waals surface area (Å²) in [5, 5.41) is 12.1. The Kier molecular flexibility index (Phi) is 5.52. The smallest absolute Gasteiger partial charge is 0.250 e. The van der Waals surface area contributed by atoms with Gasteiger partial charge in [-0.25, -0.2) is 0 Å². The van der Waals surface area contributed by atoms with Crippen molar-refractivity contribution in [3.05, 3.63) is 35.4 Å². The summed E-state index contributed by atoms with van der Waals surface area (Å²) < 4.78 is 5.51. The molecule has 1 aromatic carbocycles. The summed E-state index contributed by atoms with van der Waals surface area (Å²) >= 11 is 0. The van der Waals surface area contributed by atoms with Crippen LogP contribution >= 0.6 is 0 Å². The Morgan fingerprint density at radius 1 is 1.45 bits per heavy atom. The number of rotatable bonds is 5. The van der Waals surface area contributed by atoms with Gasteiger partial charge in [-0.1, -0.05) is 31.2 Å². The maximum atomic E-state index is 12.1. The molecule has 2 N–H and O–H groups in total. The molecular weight excluding hydrogens is 256 g/mol. The second kappa shape index (κ2) is 7.38. The quantitative estimate of drug-likeness (QED) is 0.824. The zero-order valence-corrected chi connectivity index (χ0v) is 11.8. The summed E-state index contributed by atoms with van der Waals surface area (Å²) in [4.78, 5) is 14.3. The molecule has 2 rings (SSSR count). The molecule has 1 amide bonds. The maximum Gasteiger partial charge on any atom is 0.250 e. The Balaban J connectivity index is 1.88. The topological polar surface area (TPSA) is 61.8 Å². The fraction of sp³-hybridized carbons (Fsp3) is 0.533. The van der Waals surface area contributed by atoms with Gasteiger partial charge in [0.05, 0.1) is 13.2 Å². The Bertz CT molecular complexity index is 450. The van der Waals surface area contributed by atoms with E-state index in [1.807, 2.05) is 24.3 Å². The van der Waals surface area contributed by atoms with Gasteiger partial charge in [0.25, 0.3) is 5.91 Å². The van der Waals surface area contributed by atoms with Crippen molar-refractivity contribution < 1.29 is 14.6 Å². The number of nitrogens with one attached hydrogen (secondary N) is 1. The highest BCUT2D eigenvalue weighted by atomic mass is 16.5. The van der Waals surface area contributed by atoms with Crippen LogP contribution in [0, 0.1) is 0 Å². The first kappa shape index (κ1) is 15.0. The van der Waals surface area contributed by atoms with E-state index in [1.165, 1.54) is 0 Å². The van der Waals surface area contributed by atoms with Crippen LogP contribution in [0.15, 0.2) is 24.3 Å². The predicted molar refractivity (Wildman–Crippen MR) is 76.1 cm³/mol. The molecule has 5 nitrogen and oxygen atoms in total. The third kappa shape index (κ3) is 3.79. The van der Waals surface area contributed by atoms with Gasteiger partial charge in [0.15, 0.2) is 0 Å². The van der Waals surface area contributed by atoms with E-state index in [0.717, 1.165) is 24.2 Å². The second-order valence-electron chi connectivity index (χ2n) is 4.90. The van der Waals surface area contributed by atoms with Crippen molar-refractivity contribution in [2.45, 2.75) is 26.2 Å². The molecule has 1 atom stereocenters. The molecule has 0 bridgehead atoms. The summed E-state index contributed by atoms with van der Waals surface area (Å²) in [6.07, 6.45) is -0.398. The van der Waals surface area contributed by atoms with Gasteiger partial charge in [-0.15, -0.1) is 0 Å². The minimum absolute atomic E-state index is 0.0183. The van der Waals surface area contributed by atoms with Crippen LogP contribution in [0.25, 0.3) is 0 Å². The van der Waals surface area contributed by atoms with E-state index in [9.17, 15) is 9.90 Å². The number of ether oxygens (including phenoxy) is 1. The van der Waals surface area contributed by atoms with Crippen molar-refractivity contribution in [1.82, 2.24) is 10.2 Å². The summed E-state index contributed by atoms with van der Waals surface area (Å²) in [5.41, 5.74) is 1.78. The molecule has 0 spiro atoms. The molecule has 110 valence electrons. The molecular formula is C15H22N2O3. The van der Waals surface area contributed by atoms with E-state index >= 15 is 0 Å². The molecule has 0 radical (unpaired) electrons. The lowest BCUT2D eigenvalue weighted by atomic mass is 10.1. The van der Waals surface area contributed by atoms with Crippen LogP contribution in [0.5, 0.6) is 0 Å².